The number of primary amides is 1. The second-order valence-corrected chi connectivity index (χ2v) is 12.2. The van der Waals surface area contributed by atoms with E-state index in [1.54, 1.807) is 28.4 Å². The first-order chi connectivity index (χ1) is 20.0. The molecule has 0 fully saturated rings. The van der Waals surface area contributed by atoms with E-state index in [0.717, 1.165) is 45.6 Å². The third kappa shape index (κ3) is 9.92. The van der Waals surface area contributed by atoms with Gasteiger partial charge in [0, 0.05) is 69.5 Å². The van der Waals surface area contributed by atoms with E-state index in [9.17, 15) is 9.59 Å². The summed E-state index contributed by atoms with van der Waals surface area (Å²) in [6.45, 7) is 2.15. The van der Waals surface area contributed by atoms with Gasteiger partial charge in [0.15, 0.2) is 0 Å². The van der Waals surface area contributed by atoms with E-state index in [4.69, 9.17) is 5.73 Å². The summed E-state index contributed by atoms with van der Waals surface area (Å²) < 4.78 is 0. The van der Waals surface area contributed by atoms with E-state index in [0.29, 0.717) is 23.8 Å². The molecule has 0 aliphatic heterocycles. The van der Waals surface area contributed by atoms with Gasteiger partial charge in [-0.2, -0.15) is 23.5 Å². The smallest absolute Gasteiger partial charge is 0.232 e. The van der Waals surface area contributed by atoms with Gasteiger partial charge in [-0.05, 0) is 72.8 Å². The summed E-state index contributed by atoms with van der Waals surface area (Å²) in [6.07, 6.45) is 0.809. The van der Waals surface area contributed by atoms with Crippen LogP contribution in [0, 0.1) is 0 Å². The van der Waals surface area contributed by atoms with Gasteiger partial charge in [-0.15, -0.1) is 0 Å². The summed E-state index contributed by atoms with van der Waals surface area (Å²) in [4.78, 5) is 26.4. The maximum absolute atomic E-state index is 13.6. The molecule has 4 rings (SSSR count). The molecule has 4 N–H and O–H groups in total. The Morgan fingerprint density at radius 1 is 0.683 bits per heavy atom. The topological polar surface area (TPSA) is 87.5 Å². The van der Waals surface area contributed by atoms with Crippen molar-refractivity contribution in [2.24, 2.45) is 5.73 Å². The molecule has 0 saturated heterocycles. The van der Waals surface area contributed by atoms with Crippen LogP contribution in [0.3, 0.4) is 0 Å². The van der Waals surface area contributed by atoms with Crippen molar-refractivity contribution in [1.82, 2.24) is 0 Å². The van der Waals surface area contributed by atoms with Crippen LogP contribution in [0.5, 0.6) is 0 Å². The lowest BCUT2D eigenvalue weighted by molar-refractivity contribution is -0.118. The van der Waals surface area contributed by atoms with Gasteiger partial charge in [0.2, 0.25) is 11.8 Å². The maximum atomic E-state index is 13.6. The van der Waals surface area contributed by atoms with E-state index >= 15 is 0 Å². The molecule has 0 spiro atoms. The first kappa shape index (κ1) is 30.1. The molecule has 0 heterocycles. The minimum Gasteiger partial charge on any atom is -0.370 e. The fourth-order valence-electron chi connectivity index (χ4n) is 4.13. The van der Waals surface area contributed by atoms with E-state index in [2.05, 4.69) is 17.6 Å². The van der Waals surface area contributed by atoms with Crippen molar-refractivity contribution in [1.29, 1.82) is 0 Å². The number of para-hydroxylation sites is 2. The van der Waals surface area contributed by atoms with Gasteiger partial charge in [0.1, 0.15) is 0 Å². The highest BCUT2D eigenvalue weighted by molar-refractivity contribution is 8.03. The molecule has 41 heavy (non-hydrogen) atoms. The predicted octanol–water partition coefficient (Wildman–Crippen LogP) is 7.96. The monoisotopic (exact) mass is 584 g/mol. The van der Waals surface area contributed by atoms with Crippen molar-refractivity contribution in [3.8, 4) is 0 Å². The summed E-state index contributed by atoms with van der Waals surface area (Å²) in [7, 11) is 0. The van der Waals surface area contributed by atoms with E-state index in [1.807, 2.05) is 109 Å². The SMILES string of the molecule is CC(CSCCC(N)=O)SCCC(=O)N(c1ccc(Nc2ccccc2)cc1)c1ccc(Nc2ccccc2)cc1. The number of hydrogen-bond acceptors (Lipinski definition) is 6. The van der Waals surface area contributed by atoms with Gasteiger partial charge in [-0.3, -0.25) is 14.5 Å². The summed E-state index contributed by atoms with van der Waals surface area (Å²) in [5, 5.41) is 7.18. The highest BCUT2D eigenvalue weighted by atomic mass is 32.2. The lowest BCUT2D eigenvalue weighted by atomic mass is 10.2. The van der Waals surface area contributed by atoms with E-state index < -0.39 is 0 Å². The number of thioether (sulfide) groups is 2. The number of benzene rings is 4. The molecule has 0 aliphatic carbocycles. The lowest BCUT2D eigenvalue weighted by Crippen LogP contribution is -2.26. The highest BCUT2D eigenvalue weighted by Gasteiger charge is 2.19. The molecule has 0 saturated carbocycles. The van der Waals surface area contributed by atoms with E-state index in [-0.39, 0.29) is 11.8 Å². The molecule has 8 heteroatoms. The zero-order chi connectivity index (χ0) is 28.9. The normalized spacial score (nSPS) is 11.4. The molecule has 0 bridgehead atoms. The van der Waals surface area contributed by atoms with Gasteiger partial charge in [0.25, 0.3) is 0 Å². The Kier molecular flexibility index (Phi) is 11.6. The van der Waals surface area contributed by atoms with Crippen molar-refractivity contribution < 1.29 is 9.59 Å². The Bertz CT molecular complexity index is 1280. The average Bonchev–Trinajstić information content (AvgIpc) is 2.98. The standard InChI is InChI=1S/C33H36N4O2S2/c1-25(24-40-22-20-32(34)38)41-23-21-33(39)37(30-16-12-28(13-17-30)35-26-8-4-2-5-9-26)31-18-14-29(15-19-31)36-27-10-6-3-7-11-27/h2-19,25,35-36H,20-24H2,1H3,(H2,34,38). The second-order valence-electron chi connectivity index (χ2n) is 9.53. The molecule has 4 aromatic carbocycles. The number of anilines is 6. The van der Waals surface area contributed by atoms with Gasteiger partial charge in [0.05, 0.1) is 0 Å². The minimum atomic E-state index is -0.267. The van der Waals surface area contributed by atoms with Crippen LogP contribution in [0.15, 0.2) is 109 Å². The zero-order valence-corrected chi connectivity index (χ0v) is 24.8. The van der Waals surface area contributed by atoms with Crippen LogP contribution in [-0.4, -0.2) is 34.3 Å². The van der Waals surface area contributed by atoms with Crippen molar-refractivity contribution in [3.63, 3.8) is 0 Å². The molecule has 1 unspecified atom stereocenters. The fraction of sp³-hybridized carbons (Fsp3) is 0.212. The second kappa shape index (κ2) is 15.8. The molecule has 1 atom stereocenters. The lowest BCUT2D eigenvalue weighted by Gasteiger charge is -2.24. The summed E-state index contributed by atoms with van der Waals surface area (Å²) in [5.41, 5.74) is 10.8. The van der Waals surface area contributed by atoms with Gasteiger partial charge >= 0.3 is 0 Å². The third-order valence-electron chi connectivity index (χ3n) is 6.19. The predicted molar refractivity (Wildman–Crippen MR) is 177 cm³/mol. The average molecular weight is 585 g/mol. The maximum Gasteiger partial charge on any atom is 0.232 e. The van der Waals surface area contributed by atoms with Crippen LogP contribution < -0.4 is 21.3 Å². The Morgan fingerprint density at radius 3 is 1.61 bits per heavy atom. The first-order valence-corrected chi connectivity index (χ1v) is 15.8. The molecule has 0 aliphatic rings. The van der Waals surface area contributed by atoms with Crippen molar-refractivity contribution in [3.05, 3.63) is 109 Å². The number of nitrogens with zero attached hydrogens (tertiary/aromatic N) is 1. The number of nitrogens with two attached hydrogens (primary N) is 1. The van der Waals surface area contributed by atoms with Crippen LogP contribution in [0.2, 0.25) is 0 Å². The molecule has 6 nitrogen and oxygen atoms in total. The van der Waals surface area contributed by atoms with Gasteiger partial charge < -0.3 is 16.4 Å². The van der Waals surface area contributed by atoms with Gasteiger partial charge in [-0.25, -0.2) is 0 Å². The quantitative estimate of drug-likeness (QED) is 0.123. The van der Waals surface area contributed by atoms with Gasteiger partial charge in [-0.1, -0.05) is 43.3 Å². The fourth-order valence-corrected chi connectivity index (χ4v) is 6.34. The van der Waals surface area contributed by atoms with Crippen molar-refractivity contribution >= 4 is 69.5 Å². The number of hydrogen-bond donors (Lipinski definition) is 3. The number of carbonyl (C=O) groups is 2. The number of amides is 2. The summed E-state index contributed by atoms with van der Waals surface area (Å²) in [5.74, 6) is 2.14. The number of nitrogens with one attached hydrogen (secondary N) is 2. The molecule has 2 amide bonds. The summed E-state index contributed by atoms with van der Waals surface area (Å²) >= 11 is 3.50. The van der Waals surface area contributed by atoms with Crippen LogP contribution in [0.4, 0.5) is 34.1 Å². The van der Waals surface area contributed by atoms with Crippen LogP contribution in [0.25, 0.3) is 0 Å². The van der Waals surface area contributed by atoms with Crippen LogP contribution >= 0.6 is 23.5 Å². The number of rotatable bonds is 15. The van der Waals surface area contributed by atoms with Crippen LogP contribution in [-0.2, 0) is 9.59 Å². The minimum absolute atomic E-state index is 0.0404. The largest absolute Gasteiger partial charge is 0.370 e. The molecular formula is C33H36N4O2S2. The first-order valence-electron chi connectivity index (χ1n) is 13.6. The van der Waals surface area contributed by atoms with Crippen molar-refractivity contribution in [2.75, 3.05) is 32.8 Å². The molecule has 212 valence electrons. The van der Waals surface area contributed by atoms with Crippen molar-refractivity contribution in [2.45, 2.75) is 25.0 Å². The Balaban J connectivity index is 1.44. The Labute approximate surface area is 251 Å². The van der Waals surface area contributed by atoms with E-state index in [1.165, 1.54) is 0 Å². The molecule has 0 radical (unpaired) electrons. The van der Waals surface area contributed by atoms with Crippen LogP contribution in [0.1, 0.15) is 19.8 Å². The Hall–Kier alpha value is -3.88. The molecular weight excluding hydrogens is 549 g/mol. The molecule has 4 aromatic rings. The highest BCUT2D eigenvalue weighted by Crippen LogP contribution is 2.31. The number of carbonyl (C=O) groups excluding carboxylic acids is 2. The third-order valence-corrected chi connectivity index (χ3v) is 8.80. The Morgan fingerprint density at radius 2 is 1.15 bits per heavy atom. The molecule has 0 aromatic heterocycles. The summed E-state index contributed by atoms with van der Waals surface area (Å²) in [6, 6.07) is 35.9. The zero-order valence-electron chi connectivity index (χ0n) is 23.2.